The van der Waals surface area contributed by atoms with Gasteiger partial charge in [0.05, 0.1) is 0 Å². The van der Waals surface area contributed by atoms with Crippen LogP contribution in [0.1, 0.15) is 51.5 Å². The van der Waals surface area contributed by atoms with E-state index in [1.165, 1.54) is 0 Å². The van der Waals surface area contributed by atoms with Crippen LogP contribution in [0.2, 0.25) is 5.02 Å². The zero-order valence-electron chi connectivity index (χ0n) is 16.4. The molecule has 0 heterocycles. The van der Waals surface area contributed by atoms with E-state index in [4.69, 9.17) is 11.6 Å². The van der Waals surface area contributed by atoms with Crippen LogP contribution in [-0.4, -0.2) is 25.0 Å². The first-order valence-electron chi connectivity index (χ1n) is 9.95. The lowest BCUT2D eigenvalue weighted by Crippen LogP contribution is -2.39. The Morgan fingerprint density at radius 3 is 2.26 bits per heavy atom. The average Bonchev–Trinajstić information content (AvgIpc) is 2.63. The van der Waals surface area contributed by atoms with Crippen molar-refractivity contribution in [3.8, 4) is 0 Å². The summed E-state index contributed by atoms with van der Waals surface area (Å²) in [7, 11) is 0. The summed E-state index contributed by atoms with van der Waals surface area (Å²) in [5.41, 5.74) is 0.984. The second-order valence-electron chi connectivity index (χ2n) is 7.98. The SMILES string of the molecule is CC(C)CC(=O)NCC1CCC(CNC(=O)NCc2cccc(Cl)c2)CC1. The number of urea groups is 1. The van der Waals surface area contributed by atoms with Gasteiger partial charge in [-0.1, -0.05) is 37.6 Å². The Kier molecular flexibility index (Phi) is 8.92. The van der Waals surface area contributed by atoms with Gasteiger partial charge in [-0.3, -0.25) is 4.79 Å². The van der Waals surface area contributed by atoms with Gasteiger partial charge in [-0.25, -0.2) is 4.79 Å². The first kappa shape index (κ1) is 21.5. The molecular weight excluding hydrogens is 362 g/mol. The third-order valence-electron chi connectivity index (χ3n) is 5.04. The van der Waals surface area contributed by atoms with E-state index in [1.807, 2.05) is 24.3 Å². The molecule has 3 N–H and O–H groups in total. The molecule has 1 aliphatic carbocycles. The summed E-state index contributed by atoms with van der Waals surface area (Å²) < 4.78 is 0. The quantitative estimate of drug-likeness (QED) is 0.622. The molecule has 0 radical (unpaired) electrons. The number of carbonyl (C=O) groups is 2. The fraction of sp³-hybridized carbons (Fsp3) is 0.619. The van der Waals surface area contributed by atoms with Gasteiger partial charge in [0.25, 0.3) is 0 Å². The smallest absolute Gasteiger partial charge is 0.315 e. The van der Waals surface area contributed by atoms with E-state index in [9.17, 15) is 9.59 Å². The maximum atomic E-state index is 12.0. The highest BCUT2D eigenvalue weighted by molar-refractivity contribution is 6.30. The molecule has 1 aromatic rings. The van der Waals surface area contributed by atoms with Gasteiger partial charge in [-0.05, 0) is 61.1 Å². The maximum absolute atomic E-state index is 12.0. The zero-order valence-corrected chi connectivity index (χ0v) is 17.1. The van der Waals surface area contributed by atoms with Crippen molar-refractivity contribution in [2.45, 2.75) is 52.5 Å². The van der Waals surface area contributed by atoms with Crippen LogP contribution in [-0.2, 0) is 11.3 Å². The highest BCUT2D eigenvalue weighted by Gasteiger charge is 2.22. The van der Waals surface area contributed by atoms with Crippen LogP contribution in [0.3, 0.4) is 0 Å². The number of hydrogen-bond donors (Lipinski definition) is 3. The molecular formula is C21H32ClN3O2. The molecule has 2 rings (SSSR count). The Labute approximate surface area is 167 Å². The molecule has 0 unspecified atom stereocenters. The molecule has 3 amide bonds. The zero-order chi connectivity index (χ0) is 19.6. The Hall–Kier alpha value is -1.75. The minimum absolute atomic E-state index is 0.141. The second-order valence-corrected chi connectivity index (χ2v) is 8.42. The van der Waals surface area contributed by atoms with E-state index in [1.54, 1.807) is 0 Å². The molecule has 1 aromatic carbocycles. The van der Waals surface area contributed by atoms with E-state index in [0.717, 1.165) is 37.8 Å². The topological polar surface area (TPSA) is 70.2 Å². The Balaban J connectivity index is 1.57. The summed E-state index contributed by atoms with van der Waals surface area (Å²) >= 11 is 5.94. The molecule has 1 saturated carbocycles. The molecule has 150 valence electrons. The first-order chi connectivity index (χ1) is 12.9. The molecule has 6 heteroatoms. The molecule has 0 saturated heterocycles. The lowest BCUT2D eigenvalue weighted by atomic mass is 9.82. The van der Waals surface area contributed by atoms with Crippen LogP contribution in [0.4, 0.5) is 4.79 Å². The van der Waals surface area contributed by atoms with Crippen LogP contribution in [0, 0.1) is 17.8 Å². The summed E-state index contributed by atoms with van der Waals surface area (Å²) in [6, 6.07) is 7.34. The van der Waals surface area contributed by atoms with Crippen molar-refractivity contribution in [1.82, 2.24) is 16.0 Å². The minimum atomic E-state index is -0.141. The van der Waals surface area contributed by atoms with Crippen molar-refractivity contribution < 1.29 is 9.59 Å². The van der Waals surface area contributed by atoms with Crippen molar-refractivity contribution in [2.75, 3.05) is 13.1 Å². The average molecular weight is 394 g/mol. The maximum Gasteiger partial charge on any atom is 0.315 e. The van der Waals surface area contributed by atoms with Gasteiger partial charge in [0.2, 0.25) is 5.91 Å². The highest BCUT2D eigenvalue weighted by atomic mass is 35.5. The lowest BCUT2D eigenvalue weighted by molar-refractivity contribution is -0.122. The Bertz CT molecular complexity index is 613. The van der Waals surface area contributed by atoms with Crippen LogP contribution in [0.5, 0.6) is 0 Å². The molecule has 0 aromatic heterocycles. The second kappa shape index (κ2) is 11.2. The molecule has 1 fully saturated rings. The van der Waals surface area contributed by atoms with E-state index < -0.39 is 0 Å². The van der Waals surface area contributed by atoms with Crippen molar-refractivity contribution in [1.29, 1.82) is 0 Å². The van der Waals surface area contributed by atoms with E-state index in [0.29, 0.717) is 42.3 Å². The van der Waals surface area contributed by atoms with Crippen molar-refractivity contribution >= 4 is 23.5 Å². The predicted octanol–water partition coefficient (Wildman–Crippen LogP) is 4.11. The van der Waals surface area contributed by atoms with E-state index >= 15 is 0 Å². The highest BCUT2D eigenvalue weighted by Crippen LogP contribution is 2.28. The van der Waals surface area contributed by atoms with Crippen molar-refractivity contribution in [2.24, 2.45) is 17.8 Å². The van der Waals surface area contributed by atoms with Gasteiger partial charge in [0.15, 0.2) is 0 Å². The first-order valence-corrected chi connectivity index (χ1v) is 10.3. The van der Waals surface area contributed by atoms with Crippen molar-refractivity contribution in [3.05, 3.63) is 34.9 Å². The molecule has 1 aliphatic rings. The molecule has 5 nitrogen and oxygen atoms in total. The molecule has 27 heavy (non-hydrogen) atoms. The number of amides is 3. The van der Waals surface area contributed by atoms with Gasteiger partial charge in [0, 0.05) is 31.1 Å². The standard InChI is InChI=1S/C21H32ClN3O2/c1-15(2)10-20(26)23-12-16-6-8-17(9-7-16)13-24-21(27)25-14-18-4-3-5-19(22)11-18/h3-5,11,15-17H,6-10,12-14H2,1-2H3,(H,23,26)(H2,24,25,27). The number of hydrogen-bond acceptors (Lipinski definition) is 2. The lowest BCUT2D eigenvalue weighted by Gasteiger charge is -2.28. The largest absolute Gasteiger partial charge is 0.356 e. The van der Waals surface area contributed by atoms with Crippen LogP contribution < -0.4 is 16.0 Å². The monoisotopic (exact) mass is 393 g/mol. The van der Waals surface area contributed by atoms with E-state index in [-0.39, 0.29) is 11.9 Å². The number of nitrogens with one attached hydrogen (secondary N) is 3. The van der Waals surface area contributed by atoms with Crippen LogP contribution in [0.15, 0.2) is 24.3 Å². The fourth-order valence-electron chi connectivity index (χ4n) is 3.47. The third-order valence-corrected chi connectivity index (χ3v) is 5.28. The minimum Gasteiger partial charge on any atom is -0.356 e. The molecule has 0 aliphatic heterocycles. The normalized spacial score (nSPS) is 19.6. The molecule has 0 atom stereocenters. The molecule has 0 spiro atoms. The van der Waals surface area contributed by atoms with Gasteiger partial charge in [-0.15, -0.1) is 0 Å². The van der Waals surface area contributed by atoms with Gasteiger partial charge in [-0.2, -0.15) is 0 Å². The summed E-state index contributed by atoms with van der Waals surface area (Å²) in [6.45, 7) is 6.07. The van der Waals surface area contributed by atoms with Crippen LogP contribution in [0.25, 0.3) is 0 Å². The summed E-state index contributed by atoms with van der Waals surface area (Å²) in [5.74, 6) is 1.64. The summed E-state index contributed by atoms with van der Waals surface area (Å²) in [5, 5.41) is 9.57. The number of carbonyl (C=O) groups excluding carboxylic acids is 2. The van der Waals surface area contributed by atoms with Gasteiger partial charge < -0.3 is 16.0 Å². The Morgan fingerprint density at radius 2 is 1.67 bits per heavy atom. The molecule has 0 bridgehead atoms. The fourth-order valence-corrected chi connectivity index (χ4v) is 3.68. The predicted molar refractivity (Wildman–Crippen MR) is 110 cm³/mol. The van der Waals surface area contributed by atoms with Gasteiger partial charge >= 0.3 is 6.03 Å². The summed E-state index contributed by atoms with van der Waals surface area (Å²) in [6.07, 6.45) is 5.01. The number of halogens is 1. The number of benzene rings is 1. The van der Waals surface area contributed by atoms with Gasteiger partial charge in [0.1, 0.15) is 0 Å². The van der Waals surface area contributed by atoms with Crippen LogP contribution >= 0.6 is 11.6 Å². The summed E-state index contributed by atoms with van der Waals surface area (Å²) in [4.78, 5) is 23.7. The third kappa shape index (κ3) is 8.65. The number of rotatable bonds is 8. The Morgan fingerprint density at radius 1 is 1.04 bits per heavy atom. The van der Waals surface area contributed by atoms with E-state index in [2.05, 4.69) is 29.8 Å². The van der Waals surface area contributed by atoms with Crippen molar-refractivity contribution in [3.63, 3.8) is 0 Å².